The van der Waals surface area contributed by atoms with E-state index in [-0.39, 0.29) is 43.1 Å². The molecule has 0 radical (unpaired) electrons. The molecular weight excluding hydrogens is 336 g/mol. The van der Waals surface area contributed by atoms with Crippen LogP contribution in [0.3, 0.4) is 0 Å². The van der Waals surface area contributed by atoms with Crippen molar-refractivity contribution >= 4 is 23.7 Å². The van der Waals surface area contributed by atoms with Gasteiger partial charge in [0.15, 0.2) is 0 Å². The molecule has 138 valence electrons. The lowest BCUT2D eigenvalue weighted by Crippen LogP contribution is -2.40. The molecule has 7 nitrogen and oxygen atoms in total. The van der Waals surface area contributed by atoms with Gasteiger partial charge in [-0.3, -0.25) is 5.32 Å². The largest absolute Gasteiger partial charge is 0.478 e. The summed E-state index contributed by atoms with van der Waals surface area (Å²) in [7, 11) is 0. The van der Waals surface area contributed by atoms with Crippen LogP contribution in [0.15, 0.2) is 12.1 Å². The molecule has 2 rings (SSSR count). The average Bonchev–Trinajstić information content (AvgIpc) is 2.44. The van der Waals surface area contributed by atoms with Crippen LogP contribution >= 0.6 is 0 Å². The van der Waals surface area contributed by atoms with Gasteiger partial charge in [-0.05, 0) is 32.9 Å². The first kappa shape index (κ1) is 18.9. The number of piperidine rings is 1. The Hall–Kier alpha value is -2.45. The van der Waals surface area contributed by atoms with Crippen molar-refractivity contribution in [1.82, 2.24) is 4.98 Å². The molecule has 1 saturated heterocycles. The van der Waals surface area contributed by atoms with Gasteiger partial charge >= 0.3 is 12.1 Å². The summed E-state index contributed by atoms with van der Waals surface area (Å²) in [5.74, 6) is -3.83. The van der Waals surface area contributed by atoms with Gasteiger partial charge in [-0.25, -0.2) is 23.4 Å². The smallest absolute Gasteiger partial charge is 0.413 e. The summed E-state index contributed by atoms with van der Waals surface area (Å²) in [6, 6.07) is 2.61. The van der Waals surface area contributed by atoms with Crippen molar-refractivity contribution in [2.45, 2.75) is 45.1 Å². The van der Waals surface area contributed by atoms with Crippen molar-refractivity contribution in [3.8, 4) is 0 Å². The van der Waals surface area contributed by atoms with Gasteiger partial charge < -0.3 is 14.7 Å². The Balaban J connectivity index is 2.22. The first-order valence-electron chi connectivity index (χ1n) is 7.84. The predicted octanol–water partition coefficient (Wildman–Crippen LogP) is 3.36. The molecule has 1 aromatic heterocycles. The molecule has 0 aromatic carbocycles. The molecule has 2 heterocycles. The zero-order valence-corrected chi connectivity index (χ0v) is 14.3. The number of carbonyl (C=O) groups is 2. The van der Waals surface area contributed by atoms with Gasteiger partial charge in [0.1, 0.15) is 22.8 Å². The van der Waals surface area contributed by atoms with Crippen LogP contribution in [0.5, 0.6) is 0 Å². The SMILES string of the molecule is CC(C)(C)OC(=O)Nc1ccc(C(=O)O)c(N2CCC(F)(F)CC2)n1. The normalized spacial score (nSPS) is 17.1. The number of aromatic carboxylic acids is 1. The number of aromatic nitrogens is 1. The van der Waals surface area contributed by atoms with E-state index in [2.05, 4.69) is 10.3 Å². The van der Waals surface area contributed by atoms with Gasteiger partial charge in [-0.2, -0.15) is 0 Å². The van der Waals surface area contributed by atoms with E-state index >= 15 is 0 Å². The minimum Gasteiger partial charge on any atom is -0.478 e. The Bertz CT molecular complexity index is 664. The average molecular weight is 357 g/mol. The Morgan fingerprint density at radius 2 is 1.88 bits per heavy atom. The Kier molecular flexibility index (Phi) is 5.15. The lowest BCUT2D eigenvalue weighted by atomic mass is 10.1. The second-order valence-corrected chi connectivity index (χ2v) is 6.84. The Labute approximate surface area is 144 Å². The molecule has 25 heavy (non-hydrogen) atoms. The predicted molar refractivity (Wildman–Crippen MR) is 87.4 cm³/mol. The van der Waals surface area contributed by atoms with E-state index < -0.39 is 23.6 Å². The summed E-state index contributed by atoms with van der Waals surface area (Å²) >= 11 is 0. The highest BCUT2D eigenvalue weighted by atomic mass is 19.3. The zero-order chi connectivity index (χ0) is 18.8. The molecule has 1 aliphatic rings. The number of nitrogens with zero attached hydrogens (tertiary/aromatic N) is 2. The molecule has 0 spiro atoms. The van der Waals surface area contributed by atoms with Gasteiger partial charge in [0.05, 0.1) is 0 Å². The summed E-state index contributed by atoms with van der Waals surface area (Å²) < 4.78 is 31.8. The first-order valence-corrected chi connectivity index (χ1v) is 7.84. The fraction of sp³-hybridized carbons (Fsp3) is 0.562. The van der Waals surface area contributed by atoms with Crippen molar-refractivity contribution < 1.29 is 28.2 Å². The van der Waals surface area contributed by atoms with Gasteiger partial charge in [0.2, 0.25) is 0 Å². The minimum atomic E-state index is -2.76. The number of carboxylic acid groups (broad SMARTS) is 1. The van der Waals surface area contributed by atoms with E-state index in [0.29, 0.717) is 0 Å². The number of halogens is 2. The molecule has 1 aliphatic heterocycles. The highest BCUT2D eigenvalue weighted by molar-refractivity contribution is 5.94. The van der Waals surface area contributed by atoms with Crippen LogP contribution in [0.25, 0.3) is 0 Å². The van der Waals surface area contributed by atoms with Crippen molar-refractivity contribution in [1.29, 1.82) is 0 Å². The molecular formula is C16H21F2N3O4. The number of nitrogens with one attached hydrogen (secondary N) is 1. The molecule has 1 aromatic rings. The number of carbonyl (C=O) groups excluding carboxylic acids is 1. The van der Waals surface area contributed by atoms with Crippen LogP contribution in [0.2, 0.25) is 0 Å². The third kappa shape index (κ3) is 5.27. The molecule has 1 fully saturated rings. The van der Waals surface area contributed by atoms with Crippen molar-refractivity contribution in [2.75, 3.05) is 23.3 Å². The van der Waals surface area contributed by atoms with Crippen LogP contribution in [-0.2, 0) is 4.74 Å². The second-order valence-electron chi connectivity index (χ2n) is 6.84. The van der Waals surface area contributed by atoms with E-state index in [1.165, 1.54) is 17.0 Å². The van der Waals surface area contributed by atoms with Gasteiger partial charge in [-0.15, -0.1) is 0 Å². The summed E-state index contributed by atoms with van der Waals surface area (Å²) in [6.07, 6.45) is -1.49. The molecule has 0 saturated carbocycles. The Morgan fingerprint density at radius 3 is 2.40 bits per heavy atom. The van der Waals surface area contributed by atoms with E-state index in [0.717, 1.165) is 0 Å². The number of ether oxygens (including phenoxy) is 1. The number of carboxylic acids is 1. The summed E-state index contributed by atoms with van der Waals surface area (Å²) in [5, 5.41) is 11.7. The molecule has 1 amide bonds. The van der Waals surface area contributed by atoms with E-state index in [9.17, 15) is 23.5 Å². The second kappa shape index (κ2) is 6.81. The molecule has 0 unspecified atom stereocenters. The van der Waals surface area contributed by atoms with Crippen molar-refractivity contribution in [2.24, 2.45) is 0 Å². The number of hydrogen-bond acceptors (Lipinski definition) is 5. The molecule has 0 bridgehead atoms. The molecule has 0 atom stereocenters. The summed E-state index contributed by atoms with van der Waals surface area (Å²) in [4.78, 5) is 28.8. The quantitative estimate of drug-likeness (QED) is 0.862. The zero-order valence-electron chi connectivity index (χ0n) is 14.3. The van der Waals surface area contributed by atoms with Crippen LogP contribution in [0.1, 0.15) is 44.0 Å². The number of rotatable bonds is 3. The lowest BCUT2D eigenvalue weighted by molar-refractivity contribution is -0.0221. The van der Waals surface area contributed by atoms with Crippen LogP contribution in [0.4, 0.5) is 25.2 Å². The number of alkyl halides is 2. The third-order valence-electron chi connectivity index (χ3n) is 3.53. The highest BCUT2D eigenvalue weighted by Crippen LogP contribution is 2.31. The van der Waals surface area contributed by atoms with Crippen molar-refractivity contribution in [3.05, 3.63) is 17.7 Å². The standard InChI is InChI=1S/C16H21F2N3O4/c1-15(2,3)25-14(24)20-11-5-4-10(13(22)23)12(19-11)21-8-6-16(17,18)7-9-21/h4-5H,6-9H2,1-3H3,(H,22,23)(H,19,20,24). The number of amides is 1. The Morgan fingerprint density at radius 1 is 1.28 bits per heavy atom. The maximum Gasteiger partial charge on any atom is 0.413 e. The highest BCUT2D eigenvalue weighted by Gasteiger charge is 2.35. The molecule has 2 N–H and O–H groups in total. The van der Waals surface area contributed by atoms with Gasteiger partial charge in [-0.1, -0.05) is 0 Å². The fourth-order valence-corrected chi connectivity index (χ4v) is 2.38. The van der Waals surface area contributed by atoms with Crippen LogP contribution < -0.4 is 10.2 Å². The van der Waals surface area contributed by atoms with Gasteiger partial charge in [0.25, 0.3) is 5.92 Å². The van der Waals surface area contributed by atoms with E-state index in [1.807, 2.05) is 0 Å². The lowest BCUT2D eigenvalue weighted by Gasteiger charge is -2.33. The number of anilines is 2. The fourth-order valence-electron chi connectivity index (χ4n) is 2.38. The minimum absolute atomic E-state index is 0.0177. The number of hydrogen-bond donors (Lipinski definition) is 2. The first-order chi connectivity index (χ1) is 11.5. The number of pyridine rings is 1. The van der Waals surface area contributed by atoms with E-state index in [1.54, 1.807) is 20.8 Å². The van der Waals surface area contributed by atoms with Crippen LogP contribution in [-0.4, -0.2) is 46.8 Å². The van der Waals surface area contributed by atoms with E-state index in [4.69, 9.17) is 4.74 Å². The molecule has 0 aliphatic carbocycles. The summed E-state index contributed by atoms with van der Waals surface area (Å²) in [5.41, 5.74) is -0.813. The monoisotopic (exact) mass is 357 g/mol. The third-order valence-corrected chi connectivity index (χ3v) is 3.53. The van der Waals surface area contributed by atoms with Crippen molar-refractivity contribution in [3.63, 3.8) is 0 Å². The maximum atomic E-state index is 13.3. The maximum absolute atomic E-state index is 13.3. The van der Waals surface area contributed by atoms with Crippen LogP contribution in [0, 0.1) is 0 Å². The summed E-state index contributed by atoms with van der Waals surface area (Å²) in [6.45, 7) is 5.07. The topological polar surface area (TPSA) is 91.8 Å². The molecule has 9 heteroatoms. The van der Waals surface area contributed by atoms with Gasteiger partial charge in [0, 0.05) is 25.9 Å².